The van der Waals surface area contributed by atoms with Crippen molar-refractivity contribution in [3.63, 3.8) is 0 Å². The second-order valence-corrected chi connectivity index (χ2v) is 5.53. The Kier molecular flexibility index (Phi) is 5.10. The SMILES string of the molecule is NNC(=O)c1cn(CCOc2ccc(Br)cc2Br)nn1. The van der Waals surface area contributed by atoms with E-state index in [-0.39, 0.29) is 5.69 Å². The second kappa shape index (κ2) is 6.82. The first-order valence-electron chi connectivity index (χ1n) is 5.59. The van der Waals surface area contributed by atoms with Crippen molar-refractivity contribution in [3.05, 3.63) is 39.0 Å². The number of benzene rings is 1. The van der Waals surface area contributed by atoms with Crippen LogP contribution < -0.4 is 16.0 Å². The third kappa shape index (κ3) is 3.78. The molecule has 7 nitrogen and oxygen atoms in total. The molecule has 3 N–H and O–H groups in total. The molecule has 0 bridgehead atoms. The van der Waals surface area contributed by atoms with E-state index in [9.17, 15) is 4.79 Å². The Morgan fingerprint density at radius 1 is 1.45 bits per heavy atom. The van der Waals surface area contributed by atoms with Crippen LogP contribution in [0.2, 0.25) is 0 Å². The summed E-state index contributed by atoms with van der Waals surface area (Å²) in [6.07, 6.45) is 1.50. The van der Waals surface area contributed by atoms with E-state index in [1.165, 1.54) is 10.9 Å². The van der Waals surface area contributed by atoms with Crippen LogP contribution in [-0.2, 0) is 6.54 Å². The first kappa shape index (κ1) is 14.9. The summed E-state index contributed by atoms with van der Waals surface area (Å²) in [6.45, 7) is 0.862. The lowest BCUT2D eigenvalue weighted by Gasteiger charge is -2.08. The van der Waals surface area contributed by atoms with Crippen molar-refractivity contribution in [2.75, 3.05) is 6.61 Å². The number of carbonyl (C=O) groups is 1. The second-order valence-electron chi connectivity index (χ2n) is 3.76. The predicted molar refractivity (Wildman–Crippen MR) is 79.0 cm³/mol. The zero-order valence-electron chi connectivity index (χ0n) is 10.2. The van der Waals surface area contributed by atoms with Gasteiger partial charge in [0.25, 0.3) is 5.91 Å². The van der Waals surface area contributed by atoms with Gasteiger partial charge in [0.1, 0.15) is 12.4 Å². The van der Waals surface area contributed by atoms with Gasteiger partial charge in [-0.2, -0.15) is 0 Å². The van der Waals surface area contributed by atoms with E-state index in [0.29, 0.717) is 13.2 Å². The minimum absolute atomic E-state index is 0.164. The highest BCUT2D eigenvalue weighted by atomic mass is 79.9. The summed E-state index contributed by atoms with van der Waals surface area (Å²) in [7, 11) is 0. The minimum Gasteiger partial charge on any atom is -0.490 e. The van der Waals surface area contributed by atoms with E-state index in [4.69, 9.17) is 10.6 Å². The highest BCUT2D eigenvalue weighted by Crippen LogP contribution is 2.28. The number of nitrogens with one attached hydrogen (secondary N) is 1. The van der Waals surface area contributed by atoms with Crippen LogP contribution >= 0.6 is 31.9 Å². The van der Waals surface area contributed by atoms with Crippen molar-refractivity contribution >= 4 is 37.8 Å². The maximum atomic E-state index is 11.2. The Bertz CT molecular complexity index is 617. The highest BCUT2D eigenvalue weighted by Gasteiger charge is 2.09. The summed E-state index contributed by atoms with van der Waals surface area (Å²) in [5, 5.41) is 7.50. The molecule has 2 rings (SSSR count). The van der Waals surface area contributed by atoms with E-state index in [1.54, 1.807) is 0 Å². The Hall–Kier alpha value is -1.45. The number of nitrogens with two attached hydrogens (primary N) is 1. The van der Waals surface area contributed by atoms with Crippen molar-refractivity contribution in [2.24, 2.45) is 5.84 Å². The molecule has 0 saturated heterocycles. The lowest BCUT2D eigenvalue weighted by atomic mass is 10.3. The van der Waals surface area contributed by atoms with Gasteiger partial charge in [-0.1, -0.05) is 21.1 Å². The van der Waals surface area contributed by atoms with Gasteiger partial charge in [-0.3, -0.25) is 10.2 Å². The first-order valence-corrected chi connectivity index (χ1v) is 7.17. The number of carbonyl (C=O) groups excluding carboxylic acids is 1. The number of hydrazine groups is 1. The molecule has 1 aromatic carbocycles. The molecule has 106 valence electrons. The van der Waals surface area contributed by atoms with Gasteiger partial charge < -0.3 is 4.74 Å². The number of rotatable bonds is 5. The van der Waals surface area contributed by atoms with E-state index in [2.05, 4.69) is 42.2 Å². The normalized spacial score (nSPS) is 10.3. The molecule has 0 unspecified atom stereocenters. The average Bonchev–Trinajstić information content (AvgIpc) is 2.89. The zero-order valence-corrected chi connectivity index (χ0v) is 13.4. The van der Waals surface area contributed by atoms with Crippen LogP contribution in [0.4, 0.5) is 0 Å². The van der Waals surface area contributed by atoms with Gasteiger partial charge in [0, 0.05) is 4.47 Å². The van der Waals surface area contributed by atoms with Crippen LogP contribution in [0.1, 0.15) is 10.5 Å². The molecule has 20 heavy (non-hydrogen) atoms. The fourth-order valence-corrected chi connectivity index (χ4v) is 2.59. The third-order valence-corrected chi connectivity index (χ3v) is 3.49. The monoisotopic (exact) mass is 403 g/mol. The average molecular weight is 405 g/mol. The summed E-state index contributed by atoms with van der Waals surface area (Å²) >= 11 is 6.78. The lowest BCUT2D eigenvalue weighted by molar-refractivity contribution is 0.0948. The quantitative estimate of drug-likeness (QED) is 0.447. The Balaban J connectivity index is 1.89. The molecule has 0 radical (unpaired) electrons. The number of amides is 1. The van der Waals surface area contributed by atoms with Gasteiger partial charge in [0.2, 0.25) is 0 Å². The van der Waals surface area contributed by atoms with Gasteiger partial charge in [-0.15, -0.1) is 5.10 Å². The number of aromatic nitrogens is 3. The fraction of sp³-hybridized carbons (Fsp3) is 0.182. The van der Waals surface area contributed by atoms with Gasteiger partial charge >= 0.3 is 0 Å². The Labute approximate surface area is 131 Å². The van der Waals surface area contributed by atoms with Crippen molar-refractivity contribution < 1.29 is 9.53 Å². The summed E-state index contributed by atoms with van der Waals surface area (Å²) < 4.78 is 8.94. The molecule has 0 aliphatic rings. The smallest absolute Gasteiger partial charge is 0.287 e. The van der Waals surface area contributed by atoms with Crippen LogP contribution in [0, 0.1) is 0 Å². The van der Waals surface area contributed by atoms with Crippen molar-refractivity contribution in [1.29, 1.82) is 0 Å². The molecule has 0 fully saturated rings. The van der Waals surface area contributed by atoms with E-state index < -0.39 is 5.91 Å². The Morgan fingerprint density at radius 2 is 2.25 bits per heavy atom. The first-order chi connectivity index (χ1) is 9.60. The number of nitrogens with zero attached hydrogens (tertiary/aromatic N) is 3. The molecule has 0 saturated carbocycles. The van der Waals surface area contributed by atoms with E-state index in [1.807, 2.05) is 23.6 Å². The van der Waals surface area contributed by atoms with Gasteiger partial charge in [0.05, 0.1) is 17.2 Å². The topological polar surface area (TPSA) is 95.1 Å². The van der Waals surface area contributed by atoms with Crippen molar-refractivity contribution in [2.45, 2.75) is 6.54 Å². The molecule has 9 heteroatoms. The molecule has 0 aliphatic heterocycles. The van der Waals surface area contributed by atoms with Gasteiger partial charge in [-0.05, 0) is 34.1 Å². The third-order valence-electron chi connectivity index (χ3n) is 2.37. The molecule has 0 atom stereocenters. The standard InChI is InChI=1S/C11H11Br2N5O2/c12-7-1-2-10(8(13)5-7)20-4-3-18-6-9(16-17-18)11(19)15-14/h1-2,5-6H,3-4,14H2,(H,15,19). The number of halogens is 2. The van der Waals surface area contributed by atoms with Crippen LogP contribution in [-0.4, -0.2) is 27.5 Å². The van der Waals surface area contributed by atoms with Crippen LogP contribution in [0.3, 0.4) is 0 Å². The summed E-state index contributed by atoms with van der Waals surface area (Å²) in [4.78, 5) is 11.2. The van der Waals surface area contributed by atoms with Crippen molar-refractivity contribution in [1.82, 2.24) is 20.4 Å². The molecule has 0 aliphatic carbocycles. The summed E-state index contributed by atoms with van der Waals surface area (Å²) in [6, 6.07) is 5.64. The summed E-state index contributed by atoms with van der Waals surface area (Å²) in [5.74, 6) is 5.26. The summed E-state index contributed by atoms with van der Waals surface area (Å²) in [5.41, 5.74) is 2.16. The molecule has 0 spiro atoms. The molecular weight excluding hydrogens is 394 g/mol. The maximum absolute atomic E-state index is 11.2. The highest BCUT2D eigenvalue weighted by molar-refractivity contribution is 9.11. The van der Waals surface area contributed by atoms with Crippen LogP contribution in [0.25, 0.3) is 0 Å². The Morgan fingerprint density at radius 3 is 2.95 bits per heavy atom. The molecule has 1 heterocycles. The molecule has 1 amide bonds. The number of hydrogen-bond donors (Lipinski definition) is 2. The van der Waals surface area contributed by atoms with Crippen LogP contribution in [0.5, 0.6) is 5.75 Å². The van der Waals surface area contributed by atoms with E-state index in [0.717, 1.165) is 14.7 Å². The molecule has 2 aromatic rings. The van der Waals surface area contributed by atoms with E-state index >= 15 is 0 Å². The van der Waals surface area contributed by atoms with Gasteiger partial charge in [-0.25, -0.2) is 10.5 Å². The largest absolute Gasteiger partial charge is 0.490 e. The zero-order chi connectivity index (χ0) is 14.5. The molecular formula is C11H11Br2N5O2. The van der Waals surface area contributed by atoms with Crippen LogP contribution in [0.15, 0.2) is 33.3 Å². The molecule has 1 aromatic heterocycles. The fourth-order valence-electron chi connectivity index (χ4n) is 1.43. The maximum Gasteiger partial charge on any atom is 0.287 e. The number of hydrogen-bond acceptors (Lipinski definition) is 5. The lowest BCUT2D eigenvalue weighted by Crippen LogP contribution is -2.30. The van der Waals surface area contributed by atoms with Crippen molar-refractivity contribution in [3.8, 4) is 5.75 Å². The predicted octanol–water partition coefficient (Wildman–Crippen LogP) is 1.49. The minimum atomic E-state index is -0.479. The van der Waals surface area contributed by atoms with Gasteiger partial charge in [0.15, 0.2) is 5.69 Å². The number of nitrogen functional groups attached to an aromatic ring is 1. The number of ether oxygens (including phenoxy) is 1.